The van der Waals surface area contributed by atoms with Gasteiger partial charge >= 0.3 is 10.2 Å². The molecular formula is C12H23FN2O3S. The van der Waals surface area contributed by atoms with E-state index in [2.05, 4.69) is 32.6 Å². The van der Waals surface area contributed by atoms with Crippen molar-refractivity contribution in [3.05, 3.63) is 0 Å². The van der Waals surface area contributed by atoms with E-state index in [9.17, 15) is 17.1 Å². The molecular weight excluding hydrogens is 271 g/mol. The number of hydrogen-bond acceptors (Lipinski definition) is 4. The highest BCUT2D eigenvalue weighted by molar-refractivity contribution is 7.87. The summed E-state index contributed by atoms with van der Waals surface area (Å²) in [4.78, 5) is 15.3. The number of carbonyl (C=O) groups is 1. The lowest BCUT2D eigenvalue weighted by molar-refractivity contribution is -0.128. The topological polar surface area (TPSA) is 57.7 Å². The molecule has 0 radical (unpaired) electrons. The minimum absolute atomic E-state index is 0.0261. The number of nitrogens with zero attached hydrogens (tertiary/aromatic N) is 2. The normalized spacial score (nSPS) is 21.2. The van der Waals surface area contributed by atoms with Gasteiger partial charge in [-0.1, -0.05) is 0 Å². The van der Waals surface area contributed by atoms with E-state index in [0.29, 0.717) is 25.2 Å². The van der Waals surface area contributed by atoms with Gasteiger partial charge in [-0.05, 0) is 27.7 Å². The molecule has 19 heavy (non-hydrogen) atoms. The zero-order chi connectivity index (χ0) is 14.8. The van der Waals surface area contributed by atoms with Crippen molar-refractivity contribution in [3.8, 4) is 0 Å². The number of carbonyl (C=O) groups excluding carboxylic acids is 1. The molecule has 0 spiro atoms. The van der Waals surface area contributed by atoms with Crippen molar-refractivity contribution in [1.82, 2.24) is 9.80 Å². The summed E-state index contributed by atoms with van der Waals surface area (Å²) in [5.74, 6) is -0.279. The second-order valence-corrected chi connectivity index (χ2v) is 7.18. The molecule has 0 saturated carbocycles. The van der Waals surface area contributed by atoms with E-state index >= 15 is 0 Å². The Bertz CT molecular complexity index is 415. The summed E-state index contributed by atoms with van der Waals surface area (Å²) in [5, 5.41) is -1.19. The highest BCUT2D eigenvalue weighted by Gasteiger charge is 2.38. The molecule has 0 N–H and O–H groups in total. The van der Waals surface area contributed by atoms with Gasteiger partial charge < -0.3 is 4.90 Å². The number of likely N-dealkylation sites (tertiary alicyclic amines) is 1. The van der Waals surface area contributed by atoms with Crippen LogP contribution in [0, 0.1) is 0 Å². The Hall–Kier alpha value is -0.690. The number of amides is 1. The molecule has 1 saturated heterocycles. The zero-order valence-corrected chi connectivity index (χ0v) is 12.8. The predicted molar refractivity (Wildman–Crippen MR) is 72.0 cm³/mol. The average molecular weight is 294 g/mol. The molecule has 1 rings (SSSR count). The van der Waals surface area contributed by atoms with Crippen LogP contribution in [0.5, 0.6) is 0 Å². The predicted octanol–water partition coefficient (Wildman–Crippen LogP) is 1.01. The van der Waals surface area contributed by atoms with Gasteiger partial charge in [0.2, 0.25) is 5.91 Å². The van der Waals surface area contributed by atoms with E-state index in [1.807, 2.05) is 0 Å². The molecule has 1 unspecified atom stereocenters. The van der Waals surface area contributed by atoms with Crippen LogP contribution in [-0.4, -0.2) is 61.1 Å². The van der Waals surface area contributed by atoms with Crippen LogP contribution >= 0.6 is 0 Å². The molecule has 1 aliphatic heterocycles. The zero-order valence-electron chi connectivity index (χ0n) is 12.0. The molecule has 0 bridgehead atoms. The van der Waals surface area contributed by atoms with E-state index in [1.54, 1.807) is 0 Å². The van der Waals surface area contributed by atoms with Gasteiger partial charge in [0.1, 0.15) is 5.25 Å². The molecule has 0 aromatic carbocycles. The quantitative estimate of drug-likeness (QED) is 0.686. The summed E-state index contributed by atoms with van der Waals surface area (Å²) in [6.07, 6.45) is -0.234. The molecule has 1 atom stereocenters. The Labute approximate surface area is 115 Å². The van der Waals surface area contributed by atoms with Crippen LogP contribution in [0.3, 0.4) is 0 Å². The fourth-order valence-corrected chi connectivity index (χ4v) is 3.19. The van der Waals surface area contributed by atoms with Gasteiger partial charge in [-0.25, -0.2) is 0 Å². The van der Waals surface area contributed by atoms with Crippen LogP contribution in [0.15, 0.2) is 0 Å². The summed E-state index contributed by atoms with van der Waals surface area (Å²) >= 11 is 0. The lowest BCUT2D eigenvalue weighted by Crippen LogP contribution is -2.43. The van der Waals surface area contributed by atoms with Crippen LogP contribution in [0.1, 0.15) is 34.1 Å². The van der Waals surface area contributed by atoms with Crippen molar-refractivity contribution in [2.75, 3.05) is 19.6 Å². The first kappa shape index (κ1) is 16.4. The Morgan fingerprint density at radius 1 is 1.32 bits per heavy atom. The SMILES string of the molecule is CC(C)N(CCN1CC(S(=O)(=O)F)CC1=O)C(C)C. The molecule has 0 aromatic heterocycles. The summed E-state index contributed by atoms with van der Waals surface area (Å²) < 4.78 is 34.5. The van der Waals surface area contributed by atoms with Gasteiger partial charge in [-0.3, -0.25) is 9.69 Å². The molecule has 0 aromatic rings. The molecule has 1 fully saturated rings. The van der Waals surface area contributed by atoms with E-state index in [0.717, 1.165) is 0 Å². The maximum Gasteiger partial charge on any atom is 0.307 e. The van der Waals surface area contributed by atoms with E-state index in [1.165, 1.54) is 4.90 Å². The Morgan fingerprint density at radius 2 is 1.84 bits per heavy atom. The van der Waals surface area contributed by atoms with Gasteiger partial charge in [0.25, 0.3) is 0 Å². The average Bonchev–Trinajstić information content (AvgIpc) is 2.59. The summed E-state index contributed by atoms with van der Waals surface area (Å²) in [7, 11) is -4.62. The minimum atomic E-state index is -4.62. The largest absolute Gasteiger partial charge is 0.340 e. The molecule has 1 amide bonds. The van der Waals surface area contributed by atoms with Crippen LogP contribution in [0.2, 0.25) is 0 Å². The van der Waals surface area contributed by atoms with E-state index in [-0.39, 0.29) is 18.9 Å². The van der Waals surface area contributed by atoms with E-state index < -0.39 is 15.5 Å². The summed E-state index contributed by atoms with van der Waals surface area (Å²) in [6, 6.07) is 0.691. The first-order valence-electron chi connectivity index (χ1n) is 6.60. The van der Waals surface area contributed by atoms with Crippen molar-refractivity contribution in [2.45, 2.75) is 51.4 Å². The fraction of sp³-hybridized carbons (Fsp3) is 0.917. The highest BCUT2D eigenvalue weighted by atomic mass is 32.3. The Morgan fingerprint density at radius 3 is 2.21 bits per heavy atom. The van der Waals surface area contributed by atoms with Gasteiger partial charge in [0.05, 0.1) is 0 Å². The lowest BCUT2D eigenvalue weighted by Gasteiger charge is -2.32. The van der Waals surface area contributed by atoms with Crippen molar-refractivity contribution in [3.63, 3.8) is 0 Å². The third-order valence-corrected chi connectivity index (χ3v) is 4.64. The van der Waals surface area contributed by atoms with Crippen molar-refractivity contribution < 1.29 is 17.1 Å². The highest BCUT2D eigenvalue weighted by Crippen LogP contribution is 2.19. The first-order chi connectivity index (χ1) is 8.62. The number of rotatable bonds is 6. The van der Waals surface area contributed by atoms with Gasteiger partial charge in [-0.2, -0.15) is 8.42 Å². The Kier molecular flexibility index (Phi) is 5.32. The lowest BCUT2D eigenvalue weighted by atomic mass is 10.2. The fourth-order valence-electron chi connectivity index (χ4n) is 2.49. The molecule has 1 aliphatic rings. The standard InChI is InChI=1S/C12H23FN2O3S/c1-9(2)15(10(3)4)6-5-14-8-11(7-12(14)16)19(13,17)18/h9-11H,5-8H2,1-4H3. The molecule has 7 heteroatoms. The van der Waals surface area contributed by atoms with Gasteiger partial charge in [0.15, 0.2) is 0 Å². The van der Waals surface area contributed by atoms with E-state index in [4.69, 9.17) is 0 Å². The van der Waals surface area contributed by atoms with Crippen molar-refractivity contribution in [1.29, 1.82) is 0 Å². The van der Waals surface area contributed by atoms with Crippen LogP contribution < -0.4 is 0 Å². The molecule has 112 valence electrons. The van der Waals surface area contributed by atoms with Crippen molar-refractivity contribution in [2.24, 2.45) is 0 Å². The Balaban J connectivity index is 2.57. The van der Waals surface area contributed by atoms with Crippen LogP contribution in [-0.2, 0) is 15.0 Å². The minimum Gasteiger partial charge on any atom is -0.340 e. The summed E-state index contributed by atoms with van der Waals surface area (Å²) in [5.41, 5.74) is 0. The first-order valence-corrected chi connectivity index (χ1v) is 8.04. The van der Waals surface area contributed by atoms with Crippen molar-refractivity contribution >= 4 is 16.1 Å². The molecule has 1 heterocycles. The smallest absolute Gasteiger partial charge is 0.307 e. The second-order valence-electron chi connectivity index (χ2n) is 5.57. The number of halogens is 1. The molecule has 5 nitrogen and oxygen atoms in total. The van der Waals surface area contributed by atoms with Gasteiger partial charge in [0, 0.05) is 38.1 Å². The number of hydrogen-bond donors (Lipinski definition) is 0. The summed E-state index contributed by atoms with van der Waals surface area (Å²) in [6.45, 7) is 9.37. The molecule has 0 aliphatic carbocycles. The maximum atomic E-state index is 12.9. The second kappa shape index (κ2) is 6.17. The third-order valence-electron chi connectivity index (χ3n) is 3.53. The third kappa shape index (κ3) is 4.42. The van der Waals surface area contributed by atoms with Crippen LogP contribution in [0.25, 0.3) is 0 Å². The maximum absolute atomic E-state index is 12.9. The van der Waals surface area contributed by atoms with Crippen LogP contribution in [0.4, 0.5) is 3.89 Å². The monoisotopic (exact) mass is 294 g/mol. The van der Waals surface area contributed by atoms with Gasteiger partial charge in [-0.15, -0.1) is 3.89 Å².